The van der Waals surface area contributed by atoms with Crippen LogP contribution in [0.5, 0.6) is 5.75 Å². The number of rotatable bonds is 6. The van der Waals surface area contributed by atoms with Crippen molar-refractivity contribution in [1.29, 1.82) is 0 Å². The van der Waals surface area contributed by atoms with Gasteiger partial charge in [0.1, 0.15) is 5.75 Å². The van der Waals surface area contributed by atoms with Crippen molar-refractivity contribution in [3.8, 4) is 5.75 Å². The zero-order chi connectivity index (χ0) is 14.5. The topological polar surface area (TPSA) is 73.6 Å². The van der Waals surface area contributed by atoms with Crippen LogP contribution in [0.3, 0.4) is 0 Å². The van der Waals surface area contributed by atoms with E-state index in [4.69, 9.17) is 15.2 Å². The monoisotopic (exact) mass is 266 g/mol. The molecular formula is C14H22N2O3. The molecule has 1 rings (SSSR count). The van der Waals surface area contributed by atoms with Crippen LogP contribution in [0.4, 0.5) is 5.69 Å². The first-order chi connectivity index (χ1) is 8.88. The third-order valence-electron chi connectivity index (χ3n) is 2.92. The number of nitrogens with one attached hydrogen (secondary N) is 1. The summed E-state index contributed by atoms with van der Waals surface area (Å²) in [5.41, 5.74) is 6.75. The average molecular weight is 266 g/mol. The summed E-state index contributed by atoms with van der Waals surface area (Å²) in [6, 6.07) is 5.34. The second-order valence-corrected chi connectivity index (χ2v) is 4.99. The van der Waals surface area contributed by atoms with E-state index in [0.29, 0.717) is 24.4 Å². The minimum Gasteiger partial charge on any atom is -0.496 e. The fourth-order valence-corrected chi connectivity index (χ4v) is 1.65. The SMILES string of the molecule is COc1ccc(N)cc1CNC(=O)CC(C)(C)OC. The van der Waals surface area contributed by atoms with Crippen LogP contribution in [-0.2, 0) is 16.1 Å². The van der Waals surface area contributed by atoms with Crippen molar-refractivity contribution in [3.05, 3.63) is 23.8 Å². The van der Waals surface area contributed by atoms with Gasteiger partial charge >= 0.3 is 0 Å². The molecule has 5 nitrogen and oxygen atoms in total. The summed E-state index contributed by atoms with van der Waals surface area (Å²) < 4.78 is 10.4. The average Bonchev–Trinajstić information content (AvgIpc) is 2.36. The van der Waals surface area contributed by atoms with Gasteiger partial charge in [0.2, 0.25) is 5.91 Å². The summed E-state index contributed by atoms with van der Waals surface area (Å²) in [7, 11) is 3.18. The Morgan fingerprint density at radius 1 is 1.37 bits per heavy atom. The molecule has 0 fully saturated rings. The standard InChI is InChI=1S/C14H22N2O3/c1-14(2,19-4)8-13(17)16-9-10-7-11(15)5-6-12(10)18-3/h5-7H,8-9,15H2,1-4H3,(H,16,17). The number of methoxy groups -OCH3 is 2. The number of nitrogen functional groups attached to an aromatic ring is 1. The van der Waals surface area contributed by atoms with Crippen LogP contribution in [-0.4, -0.2) is 25.7 Å². The van der Waals surface area contributed by atoms with Crippen LogP contribution in [0, 0.1) is 0 Å². The molecule has 0 radical (unpaired) electrons. The molecule has 3 N–H and O–H groups in total. The van der Waals surface area contributed by atoms with E-state index in [1.165, 1.54) is 0 Å². The molecule has 0 aliphatic rings. The zero-order valence-electron chi connectivity index (χ0n) is 11.9. The Labute approximate surface area is 114 Å². The summed E-state index contributed by atoms with van der Waals surface area (Å²) >= 11 is 0. The predicted molar refractivity (Wildman–Crippen MR) is 75.0 cm³/mol. The molecule has 19 heavy (non-hydrogen) atoms. The lowest BCUT2D eigenvalue weighted by Gasteiger charge is -2.22. The Bertz CT molecular complexity index is 444. The lowest BCUT2D eigenvalue weighted by Crippen LogP contribution is -2.33. The van der Waals surface area contributed by atoms with Crippen molar-refractivity contribution >= 4 is 11.6 Å². The van der Waals surface area contributed by atoms with Gasteiger partial charge in [0.25, 0.3) is 0 Å². The maximum atomic E-state index is 11.8. The molecular weight excluding hydrogens is 244 g/mol. The van der Waals surface area contributed by atoms with Gasteiger partial charge in [-0.15, -0.1) is 0 Å². The van der Waals surface area contributed by atoms with Crippen molar-refractivity contribution < 1.29 is 14.3 Å². The van der Waals surface area contributed by atoms with Gasteiger partial charge in [0.05, 0.1) is 19.1 Å². The summed E-state index contributed by atoms with van der Waals surface area (Å²) in [6.07, 6.45) is 0.300. The molecule has 1 aromatic carbocycles. The normalized spacial score (nSPS) is 11.2. The van der Waals surface area contributed by atoms with Crippen molar-refractivity contribution in [2.45, 2.75) is 32.4 Å². The number of carbonyl (C=O) groups excluding carboxylic acids is 1. The summed E-state index contributed by atoms with van der Waals surface area (Å²) in [6.45, 7) is 4.12. The summed E-state index contributed by atoms with van der Waals surface area (Å²) in [5, 5.41) is 2.84. The van der Waals surface area contributed by atoms with Gasteiger partial charge in [-0.05, 0) is 32.0 Å². The maximum absolute atomic E-state index is 11.8. The molecule has 0 aliphatic carbocycles. The van der Waals surface area contributed by atoms with Gasteiger partial charge in [0, 0.05) is 24.9 Å². The second kappa shape index (κ2) is 6.43. The van der Waals surface area contributed by atoms with E-state index in [1.807, 2.05) is 13.8 Å². The van der Waals surface area contributed by atoms with Crippen molar-refractivity contribution in [3.63, 3.8) is 0 Å². The highest BCUT2D eigenvalue weighted by molar-refractivity contribution is 5.77. The Kier molecular flexibility index (Phi) is 5.18. The number of hydrogen-bond acceptors (Lipinski definition) is 4. The molecule has 0 bridgehead atoms. The fraction of sp³-hybridized carbons (Fsp3) is 0.500. The first-order valence-electron chi connectivity index (χ1n) is 6.12. The predicted octanol–water partition coefficient (Wildman–Crippen LogP) is 1.71. The number of nitrogens with two attached hydrogens (primary N) is 1. The third-order valence-corrected chi connectivity index (χ3v) is 2.92. The molecule has 0 spiro atoms. The summed E-state index contributed by atoms with van der Waals surface area (Å²) in [4.78, 5) is 11.8. The highest BCUT2D eigenvalue weighted by atomic mass is 16.5. The van der Waals surface area contributed by atoms with E-state index < -0.39 is 5.60 Å². The molecule has 5 heteroatoms. The smallest absolute Gasteiger partial charge is 0.223 e. The summed E-state index contributed by atoms with van der Waals surface area (Å²) in [5.74, 6) is 0.636. The molecule has 0 heterocycles. The van der Waals surface area contributed by atoms with Gasteiger partial charge in [-0.2, -0.15) is 0 Å². The van der Waals surface area contributed by atoms with E-state index in [0.717, 1.165) is 5.56 Å². The quantitative estimate of drug-likeness (QED) is 0.769. The van der Waals surface area contributed by atoms with Gasteiger partial charge in [0.15, 0.2) is 0 Å². The molecule has 0 aliphatic heterocycles. The van der Waals surface area contributed by atoms with Crippen LogP contribution in [0.1, 0.15) is 25.8 Å². The first kappa shape index (κ1) is 15.3. The molecule has 0 saturated carbocycles. The van der Waals surface area contributed by atoms with Crippen LogP contribution < -0.4 is 15.8 Å². The maximum Gasteiger partial charge on any atom is 0.223 e. The van der Waals surface area contributed by atoms with E-state index in [-0.39, 0.29) is 5.91 Å². The largest absolute Gasteiger partial charge is 0.496 e. The zero-order valence-corrected chi connectivity index (χ0v) is 11.9. The molecule has 1 amide bonds. The molecule has 0 unspecified atom stereocenters. The Hall–Kier alpha value is -1.75. The lowest BCUT2D eigenvalue weighted by molar-refractivity contribution is -0.126. The Morgan fingerprint density at radius 2 is 2.05 bits per heavy atom. The van der Waals surface area contributed by atoms with Gasteiger partial charge in [-0.25, -0.2) is 0 Å². The molecule has 0 saturated heterocycles. The number of anilines is 1. The van der Waals surface area contributed by atoms with Crippen LogP contribution in [0.25, 0.3) is 0 Å². The van der Waals surface area contributed by atoms with Crippen molar-refractivity contribution in [2.24, 2.45) is 0 Å². The fourth-order valence-electron chi connectivity index (χ4n) is 1.65. The number of benzene rings is 1. The highest BCUT2D eigenvalue weighted by Gasteiger charge is 2.20. The first-order valence-corrected chi connectivity index (χ1v) is 6.12. The minimum absolute atomic E-state index is 0.0728. The number of ether oxygens (including phenoxy) is 2. The van der Waals surface area contributed by atoms with E-state index in [2.05, 4.69) is 5.32 Å². The second-order valence-electron chi connectivity index (χ2n) is 4.99. The van der Waals surface area contributed by atoms with E-state index in [1.54, 1.807) is 32.4 Å². The number of hydrogen-bond donors (Lipinski definition) is 2. The van der Waals surface area contributed by atoms with E-state index >= 15 is 0 Å². The Morgan fingerprint density at radius 3 is 2.63 bits per heavy atom. The van der Waals surface area contributed by atoms with Crippen LogP contribution in [0.15, 0.2) is 18.2 Å². The van der Waals surface area contributed by atoms with Crippen molar-refractivity contribution in [1.82, 2.24) is 5.32 Å². The van der Waals surface area contributed by atoms with Crippen LogP contribution in [0.2, 0.25) is 0 Å². The molecule has 106 valence electrons. The highest BCUT2D eigenvalue weighted by Crippen LogP contribution is 2.21. The number of carbonyl (C=O) groups is 1. The van der Waals surface area contributed by atoms with E-state index in [9.17, 15) is 4.79 Å². The van der Waals surface area contributed by atoms with Gasteiger partial charge in [-0.3, -0.25) is 4.79 Å². The molecule has 0 atom stereocenters. The third kappa shape index (κ3) is 4.79. The van der Waals surface area contributed by atoms with Crippen molar-refractivity contribution in [2.75, 3.05) is 20.0 Å². The molecule has 0 aromatic heterocycles. The minimum atomic E-state index is -0.468. The molecule has 1 aromatic rings. The van der Waals surface area contributed by atoms with Gasteiger partial charge in [-0.1, -0.05) is 0 Å². The number of amides is 1. The van der Waals surface area contributed by atoms with Gasteiger partial charge < -0.3 is 20.5 Å². The van der Waals surface area contributed by atoms with Crippen LogP contribution >= 0.6 is 0 Å². The Balaban J connectivity index is 2.62. The lowest BCUT2D eigenvalue weighted by atomic mass is 10.0.